The van der Waals surface area contributed by atoms with Crippen LogP contribution in [0.1, 0.15) is 5.56 Å². The first-order valence-electron chi connectivity index (χ1n) is 2.71. The van der Waals surface area contributed by atoms with Gasteiger partial charge in [-0.25, -0.2) is 0 Å². The summed E-state index contributed by atoms with van der Waals surface area (Å²) in [7, 11) is 0. The predicted octanol–water partition coefficient (Wildman–Crippen LogP) is -0.0273. The van der Waals surface area contributed by atoms with Crippen molar-refractivity contribution >= 4 is 28.0 Å². The van der Waals surface area contributed by atoms with Gasteiger partial charge in [-0.3, -0.25) is 0 Å². The minimum atomic E-state index is 0.158. The molecule has 0 fully saturated rings. The normalized spacial score (nSPS) is 9.56. The summed E-state index contributed by atoms with van der Waals surface area (Å²) >= 11 is 1.26. The number of rotatable bonds is 1. The standard InChI is InChI=1S/C7H7O.Bi/c8-6-7-4-2-1-3-5-7;/h1-2,4-5,8H,6H2;. The van der Waals surface area contributed by atoms with Gasteiger partial charge in [0, 0.05) is 0 Å². The van der Waals surface area contributed by atoms with Gasteiger partial charge in [-0.15, -0.1) is 0 Å². The molecule has 1 aromatic carbocycles. The van der Waals surface area contributed by atoms with E-state index < -0.39 is 0 Å². The molecule has 9 heavy (non-hydrogen) atoms. The Morgan fingerprint density at radius 1 is 1.44 bits per heavy atom. The van der Waals surface area contributed by atoms with Crippen molar-refractivity contribution in [2.75, 3.05) is 0 Å². The molecule has 0 aliphatic rings. The van der Waals surface area contributed by atoms with Gasteiger partial charge >= 0.3 is 69.5 Å². The monoisotopic (exact) mass is 316 g/mol. The molecule has 0 amide bonds. The molecule has 1 nitrogen and oxygen atoms in total. The van der Waals surface area contributed by atoms with Crippen molar-refractivity contribution in [3.63, 3.8) is 0 Å². The Hall–Kier alpha value is 0.0631. The van der Waals surface area contributed by atoms with Crippen LogP contribution >= 0.6 is 0 Å². The van der Waals surface area contributed by atoms with Crippen LogP contribution in [0.3, 0.4) is 0 Å². The third-order valence-electron chi connectivity index (χ3n) is 1.09. The van der Waals surface area contributed by atoms with Gasteiger partial charge in [-0.1, -0.05) is 0 Å². The summed E-state index contributed by atoms with van der Waals surface area (Å²) in [6.45, 7) is 0.158. The molecule has 0 aromatic heterocycles. The zero-order valence-corrected chi connectivity index (χ0v) is 8.39. The fourth-order valence-electron chi connectivity index (χ4n) is 0.655. The molecule has 0 unspecified atom stereocenters. The van der Waals surface area contributed by atoms with Crippen LogP contribution < -0.4 is 3.27 Å². The van der Waals surface area contributed by atoms with Gasteiger partial charge in [0.05, 0.1) is 0 Å². The van der Waals surface area contributed by atoms with Crippen molar-refractivity contribution in [1.29, 1.82) is 0 Å². The van der Waals surface area contributed by atoms with Crippen LogP contribution in [-0.4, -0.2) is 29.8 Å². The molecule has 0 bridgehead atoms. The van der Waals surface area contributed by atoms with Crippen molar-refractivity contribution in [2.45, 2.75) is 6.61 Å². The number of hydrogen-bond donors (Lipinski definition) is 1. The van der Waals surface area contributed by atoms with E-state index in [0.29, 0.717) is 0 Å². The molecule has 1 rings (SSSR count). The molecule has 0 saturated carbocycles. The summed E-state index contributed by atoms with van der Waals surface area (Å²) in [5.41, 5.74) is 1.01. The topological polar surface area (TPSA) is 20.2 Å². The molecule has 0 spiro atoms. The first-order valence-corrected chi connectivity index (χ1v) is 4.45. The number of aliphatic hydroxyl groups excluding tert-OH is 1. The van der Waals surface area contributed by atoms with E-state index in [0.717, 1.165) is 5.56 Å². The van der Waals surface area contributed by atoms with Crippen LogP contribution in [-0.2, 0) is 6.61 Å². The van der Waals surface area contributed by atoms with Crippen molar-refractivity contribution in [1.82, 2.24) is 0 Å². The van der Waals surface area contributed by atoms with E-state index in [2.05, 4.69) is 6.07 Å². The average Bonchev–Trinajstić information content (AvgIpc) is 1.88. The molecule has 2 heteroatoms. The van der Waals surface area contributed by atoms with E-state index >= 15 is 0 Å². The van der Waals surface area contributed by atoms with Gasteiger partial charge in [0.1, 0.15) is 0 Å². The van der Waals surface area contributed by atoms with Gasteiger partial charge < -0.3 is 0 Å². The zero-order chi connectivity index (χ0) is 6.69. The molecule has 1 aromatic rings. The molecule has 1 N–H and O–H groups in total. The van der Waals surface area contributed by atoms with Gasteiger partial charge in [0.15, 0.2) is 0 Å². The molecule has 46 valence electrons. The van der Waals surface area contributed by atoms with Crippen LogP contribution in [0.25, 0.3) is 0 Å². The fourth-order valence-corrected chi connectivity index (χ4v) is 1.63. The molecular formula is C7H7BiO. The van der Waals surface area contributed by atoms with Crippen LogP contribution in [0.2, 0.25) is 0 Å². The molecular weight excluding hydrogens is 309 g/mol. The second-order valence-corrected chi connectivity index (χ2v) is 3.84. The summed E-state index contributed by atoms with van der Waals surface area (Å²) in [5, 5.41) is 8.67. The molecule has 0 saturated heterocycles. The van der Waals surface area contributed by atoms with Gasteiger partial charge in [-0.05, 0) is 0 Å². The van der Waals surface area contributed by atoms with Crippen molar-refractivity contribution in [2.24, 2.45) is 0 Å². The van der Waals surface area contributed by atoms with Crippen molar-refractivity contribution < 1.29 is 5.11 Å². The Labute approximate surface area is 69.6 Å². The van der Waals surface area contributed by atoms with E-state index in [1.54, 1.807) is 0 Å². The average molecular weight is 316 g/mol. The van der Waals surface area contributed by atoms with Crippen molar-refractivity contribution in [3.05, 3.63) is 29.8 Å². The number of hydrogen-bond acceptors (Lipinski definition) is 1. The molecule has 0 aliphatic heterocycles. The summed E-state index contributed by atoms with van der Waals surface area (Å²) in [6.07, 6.45) is 0. The third-order valence-corrected chi connectivity index (χ3v) is 2.17. The molecule has 2 radical (unpaired) electrons. The third kappa shape index (κ3) is 2.04. The van der Waals surface area contributed by atoms with E-state index in [9.17, 15) is 0 Å². The Balaban J connectivity index is 2.94. The Bertz CT molecular complexity index is 198. The zero-order valence-electron chi connectivity index (χ0n) is 4.91. The number of benzene rings is 1. The SMILES string of the molecule is OCc1ccc[c]([Bi])c1. The minimum absolute atomic E-state index is 0.158. The maximum atomic E-state index is 8.67. The summed E-state index contributed by atoms with van der Waals surface area (Å²) in [6, 6.07) is 7.98. The first kappa shape index (κ1) is 7.17. The second kappa shape index (κ2) is 3.29. The van der Waals surface area contributed by atoms with E-state index in [4.69, 9.17) is 5.11 Å². The van der Waals surface area contributed by atoms with Crippen molar-refractivity contribution in [3.8, 4) is 0 Å². The molecule has 0 aliphatic carbocycles. The van der Waals surface area contributed by atoms with Gasteiger partial charge in [0.2, 0.25) is 0 Å². The first-order chi connectivity index (χ1) is 4.33. The second-order valence-electron chi connectivity index (χ2n) is 1.83. The van der Waals surface area contributed by atoms with Crippen LogP contribution in [0, 0.1) is 0 Å². The van der Waals surface area contributed by atoms with Crippen LogP contribution in [0.5, 0.6) is 0 Å². The van der Waals surface area contributed by atoms with E-state index in [1.807, 2.05) is 18.2 Å². The Morgan fingerprint density at radius 2 is 2.22 bits per heavy atom. The number of aliphatic hydroxyl groups is 1. The van der Waals surface area contributed by atoms with Crippen LogP contribution in [0.15, 0.2) is 24.3 Å². The predicted molar refractivity (Wildman–Crippen MR) is 37.8 cm³/mol. The van der Waals surface area contributed by atoms with E-state index in [1.165, 1.54) is 28.0 Å². The van der Waals surface area contributed by atoms with Crippen LogP contribution in [0.4, 0.5) is 0 Å². The quantitative estimate of drug-likeness (QED) is 0.722. The summed E-state index contributed by atoms with van der Waals surface area (Å²) in [4.78, 5) is 0. The molecule has 0 heterocycles. The maximum absolute atomic E-state index is 8.67. The van der Waals surface area contributed by atoms with E-state index in [-0.39, 0.29) is 6.61 Å². The summed E-state index contributed by atoms with van der Waals surface area (Å²) in [5.74, 6) is 0. The summed E-state index contributed by atoms with van der Waals surface area (Å²) < 4.78 is 1.31. The Kier molecular flexibility index (Phi) is 2.62. The molecule has 0 atom stereocenters. The van der Waals surface area contributed by atoms with Gasteiger partial charge in [0.25, 0.3) is 0 Å². The van der Waals surface area contributed by atoms with Gasteiger partial charge in [-0.2, -0.15) is 0 Å². The Morgan fingerprint density at radius 3 is 2.67 bits per heavy atom. The fraction of sp³-hybridized carbons (Fsp3) is 0.143.